The minimum absolute atomic E-state index is 0.0210. The molecule has 0 saturated carbocycles. The van der Waals surface area contributed by atoms with E-state index in [1.807, 2.05) is 35.4 Å². The number of pyridine rings is 1. The third-order valence-electron chi connectivity index (χ3n) is 5.53. The highest BCUT2D eigenvalue weighted by Gasteiger charge is 2.20. The van der Waals surface area contributed by atoms with Gasteiger partial charge in [-0.2, -0.15) is 0 Å². The average Bonchev–Trinajstić information content (AvgIpc) is 2.82. The van der Waals surface area contributed by atoms with Gasteiger partial charge in [0.2, 0.25) is 0 Å². The number of benzene rings is 2. The molecule has 1 saturated heterocycles. The second-order valence-electron chi connectivity index (χ2n) is 7.67. The van der Waals surface area contributed by atoms with E-state index in [1.165, 1.54) is 11.0 Å². The monoisotopic (exact) mass is 431 g/mol. The van der Waals surface area contributed by atoms with Gasteiger partial charge in [0.25, 0.3) is 5.91 Å². The fraction of sp³-hybridized carbons (Fsp3) is 0.240. The number of carbonyl (C=O) groups is 2. The lowest BCUT2D eigenvalue weighted by Crippen LogP contribution is -2.47. The van der Waals surface area contributed by atoms with Gasteiger partial charge in [-0.05, 0) is 61.9 Å². The quantitative estimate of drug-likeness (QED) is 0.344. The maximum atomic E-state index is 12.6. The summed E-state index contributed by atoms with van der Waals surface area (Å²) in [6, 6.07) is 17.0. The van der Waals surface area contributed by atoms with E-state index in [0.29, 0.717) is 11.1 Å². The van der Waals surface area contributed by atoms with Crippen molar-refractivity contribution < 1.29 is 9.59 Å². The minimum atomic E-state index is -0.113. The number of ketones is 1. The van der Waals surface area contributed by atoms with Crippen LogP contribution in [0.2, 0.25) is 0 Å². The van der Waals surface area contributed by atoms with E-state index in [0.717, 1.165) is 42.8 Å². The van der Waals surface area contributed by atoms with Crippen molar-refractivity contribution >= 4 is 40.4 Å². The fourth-order valence-corrected chi connectivity index (χ4v) is 4.01. The molecule has 4 rings (SSSR count). The van der Waals surface area contributed by atoms with Gasteiger partial charge < -0.3 is 9.80 Å². The smallest absolute Gasteiger partial charge is 0.253 e. The van der Waals surface area contributed by atoms with Crippen molar-refractivity contribution in [1.29, 1.82) is 0 Å². The lowest BCUT2D eigenvalue weighted by Gasteiger charge is -2.32. The molecule has 0 aliphatic carbocycles. The standard InChI is InChI=1S/C25H25N3O2S/c1-27-13-15-28(16-14-27)25(30)19-5-3-18(4-6-19)24(29)12-9-21-8-7-20-17-22(31-2)10-11-23(20)26-21/h3-12,17H,13-16H2,1-2H3. The zero-order chi connectivity index (χ0) is 21.8. The van der Waals surface area contributed by atoms with Crippen molar-refractivity contribution in [3.05, 3.63) is 77.5 Å². The van der Waals surface area contributed by atoms with Gasteiger partial charge in [0.15, 0.2) is 5.78 Å². The Hall–Kier alpha value is -2.96. The van der Waals surface area contributed by atoms with Crippen LogP contribution in [0.1, 0.15) is 26.4 Å². The van der Waals surface area contributed by atoms with Crippen molar-refractivity contribution in [2.24, 2.45) is 0 Å². The molecular formula is C25H25N3O2S. The van der Waals surface area contributed by atoms with Crippen LogP contribution < -0.4 is 0 Å². The average molecular weight is 432 g/mol. The van der Waals surface area contributed by atoms with Crippen LogP contribution in [-0.2, 0) is 0 Å². The van der Waals surface area contributed by atoms with Gasteiger partial charge in [0, 0.05) is 47.6 Å². The molecule has 158 valence electrons. The summed E-state index contributed by atoms with van der Waals surface area (Å²) in [5.74, 6) is -0.0918. The predicted molar refractivity (Wildman–Crippen MR) is 127 cm³/mol. The first-order chi connectivity index (χ1) is 15.0. The number of fused-ring (bicyclic) bond motifs is 1. The molecule has 2 aromatic carbocycles. The molecule has 0 unspecified atom stereocenters. The van der Waals surface area contributed by atoms with E-state index in [4.69, 9.17) is 0 Å². The van der Waals surface area contributed by atoms with Crippen LogP contribution in [-0.4, -0.2) is 66.0 Å². The SMILES string of the molecule is CSc1ccc2nc(C=CC(=O)c3ccc(C(=O)N4CCN(C)CC4)cc3)ccc2c1. The second-order valence-corrected chi connectivity index (χ2v) is 8.54. The molecule has 5 nitrogen and oxygen atoms in total. The first kappa shape index (κ1) is 21.3. The van der Waals surface area contributed by atoms with Gasteiger partial charge in [0.05, 0.1) is 11.2 Å². The van der Waals surface area contributed by atoms with Crippen LogP contribution >= 0.6 is 11.8 Å². The molecule has 1 aliphatic rings. The summed E-state index contributed by atoms with van der Waals surface area (Å²) in [4.78, 5) is 35.1. The Morgan fingerprint density at radius 1 is 0.935 bits per heavy atom. The predicted octanol–water partition coefficient (Wildman–Crippen LogP) is 4.24. The zero-order valence-corrected chi connectivity index (χ0v) is 18.6. The number of carbonyl (C=O) groups excluding carboxylic acids is 2. The van der Waals surface area contributed by atoms with Gasteiger partial charge in [0.1, 0.15) is 0 Å². The Bertz CT molecular complexity index is 1130. The van der Waals surface area contributed by atoms with E-state index in [9.17, 15) is 9.59 Å². The minimum Gasteiger partial charge on any atom is -0.336 e. The largest absolute Gasteiger partial charge is 0.336 e. The van der Waals surface area contributed by atoms with E-state index in [-0.39, 0.29) is 11.7 Å². The number of aromatic nitrogens is 1. The number of allylic oxidation sites excluding steroid dienone is 1. The number of rotatable bonds is 5. The summed E-state index contributed by atoms with van der Waals surface area (Å²) in [7, 11) is 2.06. The van der Waals surface area contributed by atoms with Gasteiger partial charge >= 0.3 is 0 Å². The number of hydrogen-bond acceptors (Lipinski definition) is 5. The lowest BCUT2D eigenvalue weighted by molar-refractivity contribution is 0.0664. The van der Waals surface area contributed by atoms with E-state index in [2.05, 4.69) is 23.0 Å². The molecule has 1 fully saturated rings. The van der Waals surface area contributed by atoms with Crippen LogP contribution in [0.4, 0.5) is 0 Å². The third-order valence-corrected chi connectivity index (χ3v) is 6.26. The molecular weight excluding hydrogens is 406 g/mol. The van der Waals surface area contributed by atoms with Crippen LogP contribution in [0.15, 0.2) is 65.6 Å². The van der Waals surface area contributed by atoms with E-state index >= 15 is 0 Å². The molecule has 1 amide bonds. The first-order valence-electron chi connectivity index (χ1n) is 10.3. The molecule has 0 atom stereocenters. The molecule has 31 heavy (non-hydrogen) atoms. The molecule has 1 aliphatic heterocycles. The Morgan fingerprint density at radius 3 is 2.35 bits per heavy atom. The molecule has 0 spiro atoms. The fourth-order valence-electron chi connectivity index (χ4n) is 3.57. The van der Waals surface area contributed by atoms with Gasteiger partial charge in [-0.25, -0.2) is 4.98 Å². The first-order valence-corrected chi connectivity index (χ1v) is 11.5. The van der Waals surface area contributed by atoms with Crippen LogP contribution in [0.25, 0.3) is 17.0 Å². The normalized spacial score (nSPS) is 15.0. The number of likely N-dealkylation sites (N-methyl/N-ethyl adjacent to an activating group) is 1. The summed E-state index contributed by atoms with van der Waals surface area (Å²) < 4.78 is 0. The number of nitrogens with zero attached hydrogens (tertiary/aromatic N) is 3. The van der Waals surface area contributed by atoms with Crippen LogP contribution in [0.3, 0.4) is 0 Å². The molecule has 3 aromatic rings. The highest BCUT2D eigenvalue weighted by molar-refractivity contribution is 7.98. The second kappa shape index (κ2) is 9.45. The number of thioether (sulfide) groups is 1. The number of hydrogen-bond donors (Lipinski definition) is 0. The van der Waals surface area contributed by atoms with Gasteiger partial charge in [-0.3, -0.25) is 9.59 Å². The Morgan fingerprint density at radius 2 is 1.65 bits per heavy atom. The Labute approximate surface area is 186 Å². The highest BCUT2D eigenvalue weighted by atomic mass is 32.2. The Kier molecular flexibility index (Phi) is 6.49. The summed E-state index contributed by atoms with van der Waals surface area (Å²) in [6.45, 7) is 3.23. The number of piperazine rings is 1. The topological polar surface area (TPSA) is 53.5 Å². The van der Waals surface area contributed by atoms with Crippen molar-refractivity contribution in [3.8, 4) is 0 Å². The molecule has 0 N–H and O–H groups in total. The lowest BCUT2D eigenvalue weighted by atomic mass is 10.1. The van der Waals surface area contributed by atoms with Crippen molar-refractivity contribution in [1.82, 2.24) is 14.8 Å². The molecule has 2 heterocycles. The summed E-state index contributed by atoms with van der Waals surface area (Å²) in [6.07, 6.45) is 5.31. The molecule has 6 heteroatoms. The summed E-state index contributed by atoms with van der Waals surface area (Å²) in [5, 5.41) is 1.08. The van der Waals surface area contributed by atoms with Crippen LogP contribution in [0, 0.1) is 0 Å². The van der Waals surface area contributed by atoms with Gasteiger partial charge in [-0.1, -0.05) is 18.2 Å². The maximum absolute atomic E-state index is 12.6. The highest BCUT2D eigenvalue weighted by Crippen LogP contribution is 2.21. The van der Waals surface area contributed by atoms with Crippen molar-refractivity contribution in [2.75, 3.05) is 39.5 Å². The maximum Gasteiger partial charge on any atom is 0.253 e. The number of amides is 1. The summed E-state index contributed by atoms with van der Waals surface area (Å²) >= 11 is 1.70. The van der Waals surface area contributed by atoms with Gasteiger partial charge in [-0.15, -0.1) is 11.8 Å². The molecule has 0 bridgehead atoms. The zero-order valence-electron chi connectivity index (χ0n) is 17.7. The molecule has 0 radical (unpaired) electrons. The summed E-state index contributed by atoms with van der Waals surface area (Å²) in [5.41, 5.74) is 2.81. The Balaban J connectivity index is 1.43. The van der Waals surface area contributed by atoms with Crippen molar-refractivity contribution in [3.63, 3.8) is 0 Å². The molecule has 1 aromatic heterocycles. The van der Waals surface area contributed by atoms with E-state index in [1.54, 1.807) is 42.1 Å². The van der Waals surface area contributed by atoms with E-state index < -0.39 is 0 Å². The third kappa shape index (κ3) is 5.03. The van der Waals surface area contributed by atoms with Crippen molar-refractivity contribution in [2.45, 2.75) is 4.90 Å². The van der Waals surface area contributed by atoms with Crippen LogP contribution in [0.5, 0.6) is 0 Å².